The van der Waals surface area contributed by atoms with Gasteiger partial charge in [-0.05, 0) is 57.2 Å². The summed E-state index contributed by atoms with van der Waals surface area (Å²) in [7, 11) is 0. The Hall–Kier alpha value is -0.0800. The van der Waals surface area contributed by atoms with E-state index in [1.165, 1.54) is 32.5 Å². The van der Waals surface area contributed by atoms with E-state index in [-0.39, 0.29) is 0 Å². The summed E-state index contributed by atoms with van der Waals surface area (Å²) in [6, 6.07) is 0.749. The molecule has 17 heavy (non-hydrogen) atoms. The molecule has 0 aromatic heterocycles. The highest BCUT2D eigenvalue weighted by Crippen LogP contribution is 2.25. The molecule has 0 aromatic carbocycles. The molecule has 1 fully saturated rings. The fraction of sp³-hybridized carbons (Fsp3) is 1.00. The lowest BCUT2D eigenvalue weighted by Gasteiger charge is -2.25. The molecule has 0 bridgehead atoms. The van der Waals surface area contributed by atoms with Crippen LogP contribution in [0.15, 0.2) is 0 Å². The topological polar surface area (TPSA) is 15.3 Å². The van der Waals surface area contributed by atoms with Crippen LogP contribution in [0.3, 0.4) is 0 Å². The van der Waals surface area contributed by atoms with E-state index in [4.69, 9.17) is 0 Å². The number of nitrogens with zero attached hydrogens (tertiary/aromatic N) is 1. The quantitative estimate of drug-likeness (QED) is 0.688. The molecule has 102 valence electrons. The average Bonchev–Trinajstić information content (AvgIpc) is 2.73. The zero-order chi connectivity index (χ0) is 12.8. The summed E-state index contributed by atoms with van der Waals surface area (Å²) in [5.74, 6) is 2.55. The van der Waals surface area contributed by atoms with E-state index in [2.05, 4.69) is 44.8 Å². The van der Waals surface area contributed by atoms with Crippen LogP contribution in [0.1, 0.15) is 47.5 Å². The van der Waals surface area contributed by atoms with Gasteiger partial charge < -0.3 is 10.2 Å². The van der Waals surface area contributed by atoms with E-state index < -0.39 is 0 Å². The Kier molecular flexibility index (Phi) is 6.50. The van der Waals surface area contributed by atoms with Crippen molar-refractivity contribution >= 4 is 0 Å². The highest BCUT2D eigenvalue weighted by Gasteiger charge is 2.27. The smallest absolute Gasteiger partial charge is 0.00791 e. The van der Waals surface area contributed by atoms with Gasteiger partial charge in [0.05, 0.1) is 0 Å². The van der Waals surface area contributed by atoms with Crippen LogP contribution < -0.4 is 5.32 Å². The molecule has 0 saturated carbocycles. The van der Waals surface area contributed by atoms with Gasteiger partial charge in [0, 0.05) is 12.6 Å². The fourth-order valence-electron chi connectivity index (χ4n) is 2.64. The Morgan fingerprint density at radius 3 is 2.41 bits per heavy atom. The molecule has 0 radical (unpaired) electrons. The molecule has 2 atom stereocenters. The second kappa shape index (κ2) is 7.38. The van der Waals surface area contributed by atoms with Crippen LogP contribution in [-0.2, 0) is 0 Å². The zero-order valence-electron chi connectivity index (χ0n) is 12.5. The van der Waals surface area contributed by atoms with Crippen LogP contribution in [0.5, 0.6) is 0 Å². The van der Waals surface area contributed by atoms with Crippen molar-refractivity contribution in [2.45, 2.75) is 53.5 Å². The first-order chi connectivity index (χ1) is 8.00. The third-order valence-electron chi connectivity index (χ3n) is 4.11. The van der Waals surface area contributed by atoms with Crippen molar-refractivity contribution in [2.75, 3.05) is 26.2 Å². The number of nitrogens with one attached hydrogen (secondary N) is 1. The summed E-state index contributed by atoms with van der Waals surface area (Å²) in [6.45, 7) is 16.6. The molecule has 0 spiro atoms. The summed E-state index contributed by atoms with van der Waals surface area (Å²) < 4.78 is 0. The number of hydrogen-bond acceptors (Lipinski definition) is 2. The SMILES string of the molecule is CC(C)CNCCC(C)N1CCC(C(C)C)C1. The molecule has 0 amide bonds. The average molecular weight is 240 g/mol. The minimum atomic E-state index is 0.749. The van der Waals surface area contributed by atoms with Crippen LogP contribution in [-0.4, -0.2) is 37.1 Å². The molecule has 1 aliphatic rings. The summed E-state index contributed by atoms with van der Waals surface area (Å²) in [5.41, 5.74) is 0. The normalized spacial score (nSPS) is 23.8. The monoisotopic (exact) mass is 240 g/mol. The van der Waals surface area contributed by atoms with Gasteiger partial charge in [-0.25, -0.2) is 0 Å². The molecule has 0 aliphatic carbocycles. The van der Waals surface area contributed by atoms with Gasteiger partial charge >= 0.3 is 0 Å². The first-order valence-corrected chi connectivity index (χ1v) is 7.45. The van der Waals surface area contributed by atoms with Crippen LogP contribution in [0.4, 0.5) is 0 Å². The van der Waals surface area contributed by atoms with E-state index in [0.29, 0.717) is 0 Å². The molecule has 1 aliphatic heterocycles. The lowest BCUT2D eigenvalue weighted by Crippen LogP contribution is -2.34. The summed E-state index contributed by atoms with van der Waals surface area (Å²) in [5, 5.41) is 3.55. The fourth-order valence-corrected chi connectivity index (χ4v) is 2.64. The second-order valence-electron chi connectivity index (χ2n) is 6.52. The predicted molar refractivity (Wildman–Crippen MR) is 76.3 cm³/mol. The van der Waals surface area contributed by atoms with Gasteiger partial charge in [-0.1, -0.05) is 27.7 Å². The highest BCUT2D eigenvalue weighted by molar-refractivity contribution is 4.81. The Labute approximate surface area is 108 Å². The third-order valence-corrected chi connectivity index (χ3v) is 4.11. The van der Waals surface area contributed by atoms with Crippen LogP contribution in [0.25, 0.3) is 0 Å². The maximum Gasteiger partial charge on any atom is 0.00791 e. The number of likely N-dealkylation sites (tertiary alicyclic amines) is 1. The number of hydrogen-bond donors (Lipinski definition) is 1. The lowest BCUT2D eigenvalue weighted by molar-refractivity contribution is 0.227. The molecule has 1 N–H and O–H groups in total. The van der Waals surface area contributed by atoms with E-state index >= 15 is 0 Å². The molecule has 0 aromatic rings. The Balaban J connectivity index is 2.14. The van der Waals surface area contributed by atoms with Gasteiger partial charge in [-0.2, -0.15) is 0 Å². The minimum Gasteiger partial charge on any atom is -0.316 e. The van der Waals surface area contributed by atoms with Crippen molar-refractivity contribution in [3.8, 4) is 0 Å². The van der Waals surface area contributed by atoms with Gasteiger partial charge in [-0.15, -0.1) is 0 Å². The molecule has 2 heteroatoms. The van der Waals surface area contributed by atoms with E-state index in [9.17, 15) is 0 Å². The summed E-state index contributed by atoms with van der Waals surface area (Å²) in [6.07, 6.45) is 2.69. The van der Waals surface area contributed by atoms with Gasteiger partial charge in [0.15, 0.2) is 0 Å². The van der Waals surface area contributed by atoms with Gasteiger partial charge in [0.1, 0.15) is 0 Å². The first-order valence-electron chi connectivity index (χ1n) is 7.45. The molecule has 2 nitrogen and oxygen atoms in total. The maximum atomic E-state index is 3.55. The molecular weight excluding hydrogens is 208 g/mol. The molecule has 1 rings (SSSR count). The zero-order valence-corrected chi connectivity index (χ0v) is 12.5. The van der Waals surface area contributed by atoms with Crippen molar-refractivity contribution in [1.82, 2.24) is 10.2 Å². The maximum absolute atomic E-state index is 3.55. The lowest BCUT2D eigenvalue weighted by atomic mass is 9.95. The van der Waals surface area contributed by atoms with Crippen LogP contribution in [0, 0.1) is 17.8 Å². The van der Waals surface area contributed by atoms with Gasteiger partial charge in [-0.3, -0.25) is 0 Å². The van der Waals surface area contributed by atoms with Crippen molar-refractivity contribution < 1.29 is 0 Å². The van der Waals surface area contributed by atoms with Crippen molar-refractivity contribution in [1.29, 1.82) is 0 Å². The highest BCUT2D eigenvalue weighted by atomic mass is 15.2. The second-order valence-corrected chi connectivity index (χ2v) is 6.52. The Morgan fingerprint density at radius 2 is 1.88 bits per heavy atom. The van der Waals surface area contributed by atoms with Crippen molar-refractivity contribution in [3.05, 3.63) is 0 Å². The standard InChI is InChI=1S/C15H32N2/c1-12(2)10-16-8-6-14(5)17-9-7-15(11-17)13(3)4/h12-16H,6-11H2,1-5H3. The van der Waals surface area contributed by atoms with Crippen LogP contribution in [0.2, 0.25) is 0 Å². The predicted octanol–water partition coefficient (Wildman–Crippen LogP) is 2.99. The largest absolute Gasteiger partial charge is 0.316 e. The van der Waals surface area contributed by atoms with E-state index in [0.717, 1.165) is 30.3 Å². The molecule has 1 heterocycles. The molecule has 2 unspecified atom stereocenters. The summed E-state index contributed by atoms with van der Waals surface area (Å²) >= 11 is 0. The molecule has 1 saturated heterocycles. The third kappa shape index (κ3) is 5.39. The Morgan fingerprint density at radius 1 is 1.18 bits per heavy atom. The first kappa shape index (κ1) is 15.0. The van der Waals surface area contributed by atoms with E-state index in [1.54, 1.807) is 0 Å². The van der Waals surface area contributed by atoms with Crippen LogP contribution >= 0.6 is 0 Å². The summed E-state index contributed by atoms with van der Waals surface area (Å²) in [4.78, 5) is 2.68. The van der Waals surface area contributed by atoms with Crippen molar-refractivity contribution in [3.63, 3.8) is 0 Å². The minimum absolute atomic E-state index is 0.749. The Bertz CT molecular complexity index is 201. The molecular formula is C15H32N2. The van der Waals surface area contributed by atoms with Gasteiger partial charge in [0.25, 0.3) is 0 Å². The number of rotatable bonds is 7. The van der Waals surface area contributed by atoms with Gasteiger partial charge in [0.2, 0.25) is 0 Å². The van der Waals surface area contributed by atoms with E-state index in [1.807, 2.05) is 0 Å². The van der Waals surface area contributed by atoms with Crippen molar-refractivity contribution in [2.24, 2.45) is 17.8 Å².